The van der Waals surface area contributed by atoms with Gasteiger partial charge in [-0.3, -0.25) is 10.1 Å². The Labute approximate surface area is 136 Å². The predicted molar refractivity (Wildman–Crippen MR) is 90.1 cm³/mol. The van der Waals surface area contributed by atoms with Crippen molar-refractivity contribution >= 4 is 5.97 Å². The number of aliphatic carboxylic acids is 1. The molecule has 0 bridgehead atoms. The molecular weight excluding hydrogens is 280 g/mol. The molecule has 0 aliphatic carbocycles. The Balaban J connectivity index is 3.33. The zero-order chi connectivity index (χ0) is 16.5. The molecule has 0 aliphatic rings. The number of carboxylic acids is 1. The van der Waals surface area contributed by atoms with Crippen molar-refractivity contribution in [2.45, 2.75) is 109 Å². The van der Waals surface area contributed by atoms with Crippen LogP contribution in [-0.2, 0) is 9.68 Å². The van der Waals surface area contributed by atoms with E-state index < -0.39 is 5.97 Å². The molecule has 4 nitrogen and oxygen atoms in total. The van der Waals surface area contributed by atoms with Crippen molar-refractivity contribution in [2.75, 3.05) is 0 Å². The second-order valence-corrected chi connectivity index (χ2v) is 6.34. The highest BCUT2D eigenvalue weighted by Gasteiger charge is 2.08. The summed E-state index contributed by atoms with van der Waals surface area (Å²) >= 11 is 0. The minimum atomic E-state index is -0.697. The molecule has 0 aromatic rings. The average molecular weight is 316 g/mol. The number of carbonyl (C=O) groups is 1. The Morgan fingerprint density at radius 3 is 1.73 bits per heavy atom. The molecule has 1 atom stereocenters. The first-order valence-electron chi connectivity index (χ1n) is 9.22. The van der Waals surface area contributed by atoms with Crippen LogP contribution in [0.2, 0.25) is 0 Å². The second kappa shape index (κ2) is 16.8. The van der Waals surface area contributed by atoms with Gasteiger partial charge in [0.25, 0.3) is 0 Å². The van der Waals surface area contributed by atoms with Gasteiger partial charge in [0.05, 0.1) is 6.10 Å². The monoisotopic (exact) mass is 316 g/mol. The van der Waals surface area contributed by atoms with Gasteiger partial charge >= 0.3 is 5.97 Å². The molecule has 4 heteroatoms. The summed E-state index contributed by atoms with van der Waals surface area (Å²) in [5.74, 6) is -0.697. The van der Waals surface area contributed by atoms with Crippen molar-refractivity contribution in [1.82, 2.24) is 0 Å². The fraction of sp³-hybridized carbons (Fsp3) is 0.944. The normalized spacial score (nSPS) is 12.5. The van der Waals surface area contributed by atoms with Crippen LogP contribution in [0, 0.1) is 0 Å². The van der Waals surface area contributed by atoms with E-state index in [1.54, 1.807) is 0 Å². The standard InChI is InChI=1S/C18H36O4/c1-2-3-4-5-8-11-14-17(22-21)15-12-9-6-7-10-13-16-18(19)20/h17,21H,2-16H2,1H3,(H,19,20). The summed E-state index contributed by atoms with van der Waals surface area (Å²) in [7, 11) is 0. The van der Waals surface area contributed by atoms with Gasteiger partial charge in [0, 0.05) is 6.42 Å². The molecule has 0 rings (SSSR count). The van der Waals surface area contributed by atoms with E-state index in [2.05, 4.69) is 11.8 Å². The van der Waals surface area contributed by atoms with Crippen LogP contribution >= 0.6 is 0 Å². The van der Waals surface area contributed by atoms with E-state index in [9.17, 15) is 4.79 Å². The molecule has 0 aromatic carbocycles. The lowest BCUT2D eigenvalue weighted by molar-refractivity contribution is -0.281. The second-order valence-electron chi connectivity index (χ2n) is 6.34. The maximum Gasteiger partial charge on any atom is 0.303 e. The van der Waals surface area contributed by atoms with E-state index >= 15 is 0 Å². The van der Waals surface area contributed by atoms with Crippen molar-refractivity contribution in [3.8, 4) is 0 Å². The van der Waals surface area contributed by atoms with Crippen molar-refractivity contribution in [2.24, 2.45) is 0 Å². The molecule has 0 radical (unpaired) electrons. The van der Waals surface area contributed by atoms with Crippen LogP contribution < -0.4 is 0 Å². The minimum Gasteiger partial charge on any atom is -0.481 e. The molecular formula is C18H36O4. The van der Waals surface area contributed by atoms with Crippen molar-refractivity contribution in [3.05, 3.63) is 0 Å². The Morgan fingerprint density at radius 2 is 1.27 bits per heavy atom. The highest BCUT2D eigenvalue weighted by molar-refractivity contribution is 5.66. The first-order chi connectivity index (χ1) is 10.7. The number of rotatable bonds is 17. The Hall–Kier alpha value is -0.610. The van der Waals surface area contributed by atoms with Crippen LogP contribution in [0.15, 0.2) is 0 Å². The van der Waals surface area contributed by atoms with Crippen molar-refractivity contribution in [3.63, 3.8) is 0 Å². The van der Waals surface area contributed by atoms with Gasteiger partial charge in [-0.2, -0.15) is 0 Å². The summed E-state index contributed by atoms with van der Waals surface area (Å²) in [5, 5.41) is 17.5. The van der Waals surface area contributed by atoms with Gasteiger partial charge < -0.3 is 5.11 Å². The summed E-state index contributed by atoms with van der Waals surface area (Å²) < 4.78 is 0. The van der Waals surface area contributed by atoms with E-state index in [0.29, 0.717) is 6.42 Å². The summed E-state index contributed by atoms with van der Waals surface area (Å²) in [6, 6.07) is 0. The van der Waals surface area contributed by atoms with Crippen LogP contribution in [0.3, 0.4) is 0 Å². The molecule has 0 saturated heterocycles. The highest BCUT2D eigenvalue weighted by Crippen LogP contribution is 2.16. The van der Waals surface area contributed by atoms with Gasteiger partial charge in [0.15, 0.2) is 0 Å². The molecule has 1 unspecified atom stereocenters. The van der Waals surface area contributed by atoms with E-state index in [1.807, 2.05) is 0 Å². The lowest BCUT2D eigenvalue weighted by atomic mass is 10.0. The maximum atomic E-state index is 10.4. The molecule has 22 heavy (non-hydrogen) atoms. The van der Waals surface area contributed by atoms with Crippen LogP contribution in [0.25, 0.3) is 0 Å². The van der Waals surface area contributed by atoms with E-state index in [1.165, 1.54) is 32.1 Å². The van der Waals surface area contributed by atoms with Gasteiger partial charge in [0.2, 0.25) is 0 Å². The first-order valence-corrected chi connectivity index (χ1v) is 9.22. The number of hydrogen-bond acceptors (Lipinski definition) is 3. The molecule has 0 spiro atoms. The molecule has 0 aromatic heterocycles. The van der Waals surface area contributed by atoms with Crippen LogP contribution in [0.1, 0.15) is 103 Å². The van der Waals surface area contributed by atoms with Gasteiger partial charge in [-0.05, 0) is 19.3 Å². The largest absolute Gasteiger partial charge is 0.481 e. The lowest BCUT2D eigenvalue weighted by Gasteiger charge is -2.13. The molecule has 132 valence electrons. The zero-order valence-electron chi connectivity index (χ0n) is 14.4. The highest BCUT2D eigenvalue weighted by atomic mass is 17.1. The topological polar surface area (TPSA) is 66.8 Å². The summed E-state index contributed by atoms with van der Waals surface area (Å²) in [6.45, 7) is 2.22. The van der Waals surface area contributed by atoms with Crippen molar-refractivity contribution < 1.29 is 20.0 Å². The Bertz CT molecular complexity index is 243. The van der Waals surface area contributed by atoms with Crippen molar-refractivity contribution in [1.29, 1.82) is 0 Å². The summed E-state index contributed by atoms with van der Waals surface area (Å²) in [6.07, 6.45) is 16.1. The molecule has 0 aliphatic heterocycles. The van der Waals surface area contributed by atoms with Crippen LogP contribution in [0.5, 0.6) is 0 Å². The van der Waals surface area contributed by atoms with Gasteiger partial charge in [-0.15, -0.1) is 0 Å². The summed E-state index contributed by atoms with van der Waals surface area (Å²) in [5.41, 5.74) is 0. The Kier molecular flexibility index (Phi) is 16.3. The third-order valence-corrected chi connectivity index (χ3v) is 4.20. The summed E-state index contributed by atoms with van der Waals surface area (Å²) in [4.78, 5) is 14.9. The van der Waals surface area contributed by atoms with Gasteiger partial charge in [-0.1, -0.05) is 77.6 Å². The molecule has 0 amide bonds. The minimum absolute atomic E-state index is 0.00168. The molecule has 0 saturated carbocycles. The van der Waals surface area contributed by atoms with Crippen LogP contribution in [-0.4, -0.2) is 22.4 Å². The Morgan fingerprint density at radius 1 is 0.818 bits per heavy atom. The third-order valence-electron chi connectivity index (χ3n) is 4.20. The van der Waals surface area contributed by atoms with Crippen LogP contribution in [0.4, 0.5) is 0 Å². The van der Waals surface area contributed by atoms with E-state index in [-0.39, 0.29) is 6.10 Å². The zero-order valence-corrected chi connectivity index (χ0v) is 14.4. The molecule has 0 fully saturated rings. The smallest absolute Gasteiger partial charge is 0.303 e. The lowest BCUT2D eigenvalue weighted by Crippen LogP contribution is -2.10. The number of hydrogen-bond donors (Lipinski definition) is 2. The average Bonchev–Trinajstić information content (AvgIpc) is 2.50. The predicted octanol–water partition coefficient (Wildman–Crippen LogP) is 5.80. The van der Waals surface area contributed by atoms with Gasteiger partial charge in [-0.25, -0.2) is 4.89 Å². The SMILES string of the molecule is CCCCCCCCC(CCCCCCCCC(=O)O)OO. The van der Waals surface area contributed by atoms with Gasteiger partial charge in [0.1, 0.15) is 0 Å². The fourth-order valence-corrected chi connectivity index (χ4v) is 2.76. The van der Waals surface area contributed by atoms with E-state index in [0.717, 1.165) is 57.8 Å². The first kappa shape index (κ1) is 21.4. The molecule has 0 heterocycles. The molecule has 2 N–H and O–H groups in total. The quantitative estimate of drug-likeness (QED) is 0.202. The maximum absolute atomic E-state index is 10.4. The van der Waals surface area contributed by atoms with E-state index in [4.69, 9.17) is 10.4 Å². The number of unbranched alkanes of at least 4 members (excludes halogenated alkanes) is 10. The number of carboxylic acid groups (broad SMARTS) is 1. The fourth-order valence-electron chi connectivity index (χ4n) is 2.76. The third kappa shape index (κ3) is 15.8.